The third kappa shape index (κ3) is 3.22. The van der Waals surface area contributed by atoms with Crippen molar-refractivity contribution < 1.29 is 14.4 Å². The third-order valence-corrected chi connectivity index (χ3v) is 4.57. The maximum Gasteiger partial charge on any atom is 0.491 e. The minimum atomic E-state index is -0.420. The molecule has 2 N–H and O–H groups in total. The number of hydrogen-bond acceptors (Lipinski definition) is 4. The molecule has 1 aromatic rings. The lowest BCUT2D eigenvalue weighted by atomic mass is 9.76. The number of hydrogen-bond donors (Lipinski definition) is 2. The Labute approximate surface area is 133 Å². The lowest BCUT2D eigenvalue weighted by molar-refractivity contribution is 0.00578. The van der Waals surface area contributed by atoms with Crippen molar-refractivity contribution in [2.24, 2.45) is 0 Å². The van der Waals surface area contributed by atoms with Crippen LogP contribution in [0.1, 0.15) is 38.8 Å². The maximum atomic E-state index is 10.1. The van der Waals surface area contributed by atoms with Crippen LogP contribution in [0.4, 0.5) is 0 Å². The van der Waals surface area contributed by atoms with Gasteiger partial charge in [0.2, 0.25) is 0 Å². The second kappa shape index (κ2) is 6.07. The molecular formula is C17H26BNO3. The van der Waals surface area contributed by atoms with Crippen molar-refractivity contribution in [3.63, 3.8) is 0 Å². The molecule has 0 spiro atoms. The van der Waals surface area contributed by atoms with Crippen molar-refractivity contribution >= 4 is 13.2 Å². The van der Waals surface area contributed by atoms with Gasteiger partial charge in [0.25, 0.3) is 0 Å². The maximum absolute atomic E-state index is 10.1. The van der Waals surface area contributed by atoms with Gasteiger partial charge in [0.05, 0.1) is 11.2 Å². The first-order chi connectivity index (χ1) is 10.2. The topological polar surface area (TPSA) is 50.7 Å². The van der Waals surface area contributed by atoms with Crippen LogP contribution >= 0.6 is 0 Å². The summed E-state index contributed by atoms with van der Waals surface area (Å²) >= 11 is 0. The quantitative estimate of drug-likeness (QED) is 0.840. The van der Waals surface area contributed by atoms with Gasteiger partial charge in [-0.15, -0.1) is 0 Å². The van der Waals surface area contributed by atoms with Crippen molar-refractivity contribution in [2.45, 2.75) is 45.8 Å². The van der Waals surface area contributed by atoms with Crippen LogP contribution in [-0.2, 0) is 9.31 Å². The van der Waals surface area contributed by atoms with Gasteiger partial charge in [0, 0.05) is 12.1 Å². The van der Waals surface area contributed by atoms with Crippen molar-refractivity contribution in [3.05, 3.63) is 34.8 Å². The summed E-state index contributed by atoms with van der Waals surface area (Å²) in [7, 11) is 1.47. The predicted molar refractivity (Wildman–Crippen MR) is 90.8 cm³/mol. The number of phenolic OH excluding ortho intramolecular Hbond substituents is 1. The van der Waals surface area contributed by atoms with Gasteiger partial charge >= 0.3 is 7.12 Å². The van der Waals surface area contributed by atoms with E-state index in [0.717, 1.165) is 16.6 Å². The molecule has 0 amide bonds. The van der Waals surface area contributed by atoms with Gasteiger partial charge in [0.15, 0.2) is 0 Å². The predicted octanol–water partition coefficient (Wildman–Crippen LogP) is 2.93. The summed E-state index contributed by atoms with van der Waals surface area (Å²) in [6, 6.07) is 5.52. The molecule has 1 fully saturated rings. The number of aromatic hydroxyl groups is 1. The van der Waals surface area contributed by atoms with E-state index in [4.69, 9.17) is 9.31 Å². The van der Waals surface area contributed by atoms with Crippen LogP contribution < -0.4 is 5.32 Å². The zero-order valence-corrected chi connectivity index (χ0v) is 14.4. The van der Waals surface area contributed by atoms with E-state index in [2.05, 4.69) is 5.32 Å². The molecule has 0 saturated carbocycles. The summed E-state index contributed by atoms with van der Waals surface area (Å²) in [5.74, 6) is 0.269. The van der Waals surface area contributed by atoms with E-state index >= 15 is 0 Å². The van der Waals surface area contributed by atoms with E-state index in [1.165, 1.54) is 0 Å². The molecule has 120 valence electrons. The molecule has 1 aliphatic rings. The van der Waals surface area contributed by atoms with Gasteiger partial charge < -0.3 is 19.7 Å². The van der Waals surface area contributed by atoms with Gasteiger partial charge in [-0.05, 0) is 58.8 Å². The summed E-state index contributed by atoms with van der Waals surface area (Å²) in [6.45, 7) is 10.8. The second-order valence-electron chi connectivity index (χ2n) is 6.85. The van der Waals surface area contributed by atoms with Crippen molar-refractivity contribution in [2.75, 3.05) is 13.6 Å². The highest BCUT2D eigenvalue weighted by atomic mass is 16.7. The Kier molecular flexibility index (Phi) is 4.71. The van der Waals surface area contributed by atoms with Crippen LogP contribution in [0.25, 0.3) is 6.08 Å². The van der Waals surface area contributed by atoms with Crippen LogP contribution in [0.5, 0.6) is 5.75 Å². The lowest BCUT2D eigenvalue weighted by Gasteiger charge is -2.32. The van der Waals surface area contributed by atoms with Crippen molar-refractivity contribution in [1.29, 1.82) is 0 Å². The first-order valence-corrected chi connectivity index (χ1v) is 7.67. The largest absolute Gasteiger partial charge is 0.507 e. The first-order valence-electron chi connectivity index (χ1n) is 7.67. The first kappa shape index (κ1) is 17.1. The van der Waals surface area contributed by atoms with E-state index < -0.39 is 7.12 Å². The van der Waals surface area contributed by atoms with Crippen LogP contribution in [-0.4, -0.2) is 37.0 Å². The molecule has 0 unspecified atom stereocenters. The fourth-order valence-electron chi connectivity index (χ4n) is 2.44. The van der Waals surface area contributed by atoms with Gasteiger partial charge in [-0.25, -0.2) is 0 Å². The summed E-state index contributed by atoms with van der Waals surface area (Å²) in [4.78, 5) is 0. The molecule has 2 rings (SSSR count). The van der Waals surface area contributed by atoms with Crippen LogP contribution in [0.2, 0.25) is 0 Å². The van der Waals surface area contributed by atoms with Gasteiger partial charge in [0.1, 0.15) is 5.75 Å². The molecule has 1 aromatic carbocycles. The summed E-state index contributed by atoms with van der Waals surface area (Å²) < 4.78 is 12.2. The number of rotatable bonds is 4. The standard InChI is InChI=1S/C17H26BNO3/c1-12-8-7-9-15(20)14(12)10-13(11-19-6)18-21-16(2,3)17(4,5)22-18/h7-10,19-20H,11H2,1-6H3. The van der Waals surface area contributed by atoms with E-state index in [1.807, 2.05) is 59.9 Å². The van der Waals surface area contributed by atoms with E-state index in [-0.39, 0.29) is 17.0 Å². The number of likely N-dealkylation sites (N-methyl/N-ethyl adjacent to an activating group) is 1. The highest BCUT2D eigenvalue weighted by Gasteiger charge is 2.52. The number of nitrogens with one attached hydrogen (secondary N) is 1. The SMILES string of the molecule is CNCC(=Cc1c(C)cccc1O)B1OC(C)(C)C(C)(C)O1. The van der Waals surface area contributed by atoms with Crippen molar-refractivity contribution in [1.82, 2.24) is 5.32 Å². The molecule has 1 aliphatic heterocycles. The fourth-order valence-corrected chi connectivity index (χ4v) is 2.44. The molecule has 22 heavy (non-hydrogen) atoms. The zero-order chi connectivity index (χ0) is 16.5. The second-order valence-corrected chi connectivity index (χ2v) is 6.85. The van der Waals surface area contributed by atoms with Gasteiger partial charge in [-0.3, -0.25) is 0 Å². The van der Waals surface area contributed by atoms with Crippen LogP contribution in [0, 0.1) is 6.92 Å². The fraction of sp³-hybridized carbons (Fsp3) is 0.529. The lowest BCUT2D eigenvalue weighted by Crippen LogP contribution is -2.41. The zero-order valence-electron chi connectivity index (χ0n) is 14.4. The summed E-state index contributed by atoms with van der Waals surface area (Å²) in [6.07, 6.45) is 1.96. The highest BCUT2D eigenvalue weighted by Crippen LogP contribution is 2.39. The normalized spacial score (nSPS) is 20.5. The Bertz CT molecular complexity index is 545. The average molecular weight is 303 g/mol. The van der Waals surface area contributed by atoms with Gasteiger partial charge in [-0.1, -0.05) is 18.2 Å². The third-order valence-electron chi connectivity index (χ3n) is 4.57. The Morgan fingerprint density at radius 3 is 2.32 bits per heavy atom. The summed E-state index contributed by atoms with van der Waals surface area (Å²) in [5.41, 5.74) is 2.04. The molecule has 0 aliphatic carbocycles. The molecule has 0 bridgehead atoms. The monoisotopic (exact) mass is 303 g/mol. The van der Waals surface area contributed by atoms with Crippen LogP contribution in [0.3, 0.4) is 0 Å². The smallest absolute Gasteiger partial charge is 0.491 e. The summed E-state index contributed by atoms with van der Waals surface area (Å²) in [5, 5.41) is 13.3. The van der Waals surface area contributed by atoms with E-state index in [1.54, 1.807) is 6.07 Å². The van der Waals surface area contributed by atoms with Crippen LogP contribution in [0.15, 0.2) is 23.7 Å². The molecule has 0 atom stereocenters. The minimum absolute atomic E-state index is 0.269. The molecule has 4 nitrogen and oxygen atoms in total. The Morgan fingerprint density at radius 1 is 1.23 bits per heavy atom. The molecular weight excluding hydrogens is 277 g/mol. The highest BCUT2D eigenvalue weighted by molar-refractivity contribution is 6.56. The number of benzene rings is 1. The van der Waals surface area contributed by atoms with E-state index in [9.17, 15) is 5.11 Å². The Hall–Kier alpha value is -1.30. The number of aryl methyl sites for hydroxylation is 1. The molecule has 0 aromatic heterocycles. The van der Waals surface area contributed by atoms with E-state index in [0.29, 0.717) is 6.54 Å². The Balaban J connectivity index is 2.38. The Morgan fingerprint density at radius 2 is 1.82 bits per heavy atom. The number of phenols is 1. The van der Waals surface area contributed by atoms with Crippen molar-refractivity contribution in [3.8, 4) is 5.75 Å². The molecule has 5 heteroatoms. The minimum Gasteiger partial charge on any atom is -0.507 e. The molecule has 1 heterocycles. The molecule has 1 saturated heterocycles. The molecule has 0 radical (unpaired) electrons. The van der Waals surface area contributed by atoms with Gasteiger partial charge in [-0.2, -0.15) is 0 Å². The average Bonchev–Trinajstić information content (AvgIpc) is 2.61.